The van der Waals surface area contributed by atoms with E-state index < -0.39 is 10.0 Å². The highest BCUT2D eigenvalue weighted by atomic mass is 32.2. The Kier molecular flexibility index (Phi) is 4.27. The number of H-pyrrole nitrogens is 1. The molecule has 2 aromatic rings. The Labute approximate surface area is 136 Å². The van der Waals surface area contributed by atoms with E-state index in [2.05, 4.69) is 16.3 Å². The maximum absolute atomic E-state index is 12.8. The SMILES string of the molecule is Cc1n[nH]c(C)c1S(=O)(=O)N(C)CC1Cc2ccccc2CO1. The molecule has 3 rings (SSSR count). The summed E-state index contributed by atoms with van der Waals surface area (Å²) in [6.07, 6.45) is 0.580. The van der Waals surface area contributed by atoms with E-state index >= 15 is 0 Å². The zero-order chi connectivity index (χ0) is 16.6. The van der Waals surface area contributed by atoms with Crippen molar-refractivity contribution in [2.24, 2.45) is 0 Å². The fourth-order valence-electron chi connectivity index (χ4n) is 2.99. The van der Waals surface area contributed by atoms with Gasteiger partial charge in [0.15, 0.2) is 0 Å². The maximum Gasteiger partial charge on any atom is 0.246 e. The maximum atomic E-state index is 12.8. The third-order valence-corrected chi connectivity index (χ3v) is 6.32. The first kappa shape index (κ1) is 16.2. The molecule has 0 saturated heterocycles. The number of sulfonamides is 1. The molecule has 0 radical (unpaired) electrons. The second-order valence-corrected chi connectivity index (χ2v) is 7.94. The quantitative estimate of drug-likeness (QED) is 0.924. The highest BCUT2D eigenvalue weighted by Gasteiger charge is 2.30. The first-order valence-corrected chi connectivity index (χ1v) is 9.00. The number of benzene rings is 1. The van der Waals surface area contributed by atoms with Gasteiger partial charge in [-0.2, -0.15) is 9.40 Å². The first-order valence-electron chi connectivity index (χ1n) is 7.56. The molecular formula is C16H21N3O3S. The highest BCUT2D eigenvalue weighted by Crippen LogP contribution is 2.24. The molecule has 1 aromatic heterocycles. The number of nitrogens with one attached hydrogen (secondary N) is 1. The minimum Gasteiger partial charge on any atom is -0.372 e. The van der Waals surface area contributed by atoms with E-state index in [1.54, 1.807) is 20.9 Å². The predicted octanol–water partition coefficient (Wildman–Crippen LogP) is 1.79. The van der Waals surface area contributed by atoms with Gasteiger partial charge >= 0.3 is 0 Å². The molecule has 1 atom stereocenters. The van der Waals surface area contributed by atoms with Gasteiger partial charge < -0.3 is 4.74 Å². The number of ether oxygens (including phenoxy) is 1. The molecule has 0 spiro atoms. The predicted molar refractivity (Wildman–Crippen MR) is 86.6 cm³/mol. The van der Waals surface area contributed by atoms with E-state index in [0.717, 1.165) is 6.42 Å². The second-order valence-electron chi connectivity index (χ2n) is 5.95. The molecular weight excluding hydrogens is 314 g/mol. The van der Waals surface area contributed by atoms with Crippen LogP contribution in [0.5, 0.6) is 0 Å². The number of hydrogen-bond donors (Lipinski definition) is 1. The van der Waals surface area contributed by atoms with Gasteiger partial charge in [0.1, 0.15) is 4.90 Å². The summed E-state index contributed by atoms with van der Waals surface area (Å²) in [4.78, 5) is 0.260. The van der Waals surface area contributed by atoms with Crippen LogP contribution in [0.15, 0.2) is 29.2 Å². The monoisotopic (exact) mass is 335 g/mol. The number of aromatic nitrogens is 2. The topological polar surface area (TPSA) is 75.3 Å². The summed E-state index contributed by atoms with van der Waals surface area (Å²) in [7, 11) is -1.99. The van der Waals surface area contributed by atoms with Crippen molar-refractivity contribution in [3.05, 3.63) is 46.8 Å². The molecule has 0 fully saturated rings. The number of likely N-dealkylation sites (N-methyl/N-ethyl adjacent to an activating group) is 1. The molecule has 1 aromatic carbocycles. The minimum absolute atomic E-state index is 0.141. The van der Waals surface area contributed by atoms with Gasteiger partial charge in [0.05, 0.1) is 24.1 Å². The Bertz CT molecular complexity index is 794. The van der Waals surface area contributed by atoms with Crippen LogP contribution in [-0.4, -0.2) is 42.6 Å². The van der Waals surface area contributed by atoms with Crippen molar-refractivity contribution in [2.75, 3.05) is 13.6 Å². The standard InChI is InChI=1S/C16H21N3O3S/c1-11-16(12(2)18-17-11)23(20,21)19(3)9-15-8-13-6-4-5-7-14(13)10-22-15/h4-7,15H,8-10H2,1-3H3,(H,17,18). The zero-order valence-electron chi connectivity index (χ0n) is 13.5. The van der Waals surface area contributed by atoms with Gasteiger partial charge in [-0.05, 0) is 25.0 Å². The molecule has 0 amide bonds. The molecule has 1 aliphatic heterocycles. The number of rotatable bonds is 4. The Morgan fingerprint density at radius 1 is 1.30 bits per heavy atom. The average Bonchev–Trinajstić information content (AvgIpc) is 2.86. The third-order valence-electron chi connectivity index (χ3n) is 4.23. The van der Waals surface area contributed by atoms with Crippen LogP contribution in [0.4, 0.5) is 0 Å². The van der Waals surface area contributed by atoms with Crippen LogP contribution in [-0.2, 0) is 27.8 Å². The van der Waals surface area contributed by atoms with Crippen LogP contribution < -0.4 is 0 Å². The van der Waals surface area contributed by atoms with Gasteiger partial charge in [-0.25, -0.2) is 8.42 Å². The summed E-state index contributed by atoms with van der Waals surface area (Å²) in [6, 6.07) is 8.11. The zero-order valence-corrected chi connectivity index (χ0v) is 14.4. The summed E-state index contributed by atoms with van der Waals surface area (Å²) in [6.45, 7) is 4.25. The van der Waals surface area contributed by atoms with Crippen molar-refractivity contribution < 1.29 is 13.2 Å². The van der Waals surface area contributed by atoms with Crippen molar-refractivity contribution in [1.82, 2.24) is 14.5 Å². The van der Waals surface area contributed by atoms with E-state index in [9.17, 15) is 8.42 Å². The summed E-state index contributed by atoms with van der Waals surface area (Å²) in [5, 5.41) is 6.71. The van der Waals surface area contributed by atoms with Crippen molar-refractivity contribution in [3.8, 4) is 0 Å². The number of aromatic amines is 1. The van der Waals surface area contributed by atoms with Crippen LogP contribution >= 0.6 is 0 Å². The molecule has 6 nitrogen and oxygen atoms in total. The Morgan fingerprint density at radius 2 is 2.00 bits per heavy atom. The third kappa shape index (κ3) is 3.04. The van der Waals surface area contributed by atoms with Gasteiger partial charge in [-0.15, -0.1) is 0 Å². The Balaban J connectivity index is 1.76. The van der Waals surface area contributed by atoms with Gasteiger partial charge in [0.25, 0.3) is 0 Å². The molecule has 2 heterocycles. The van der Waals surface area contributed by atoms with Gasteiger partial charge in [0.2, 0.25) is 10.0 Å². The smallest absolute Gasteiger partial charge is 0.246 e. The molecule has 0 saturated carbocycles. The fraction of sp³-hybridized carbons (Fsp3) is 0.438. The number of fused-ring (bicyclic) bond motifs is 1. The largest absolute Gasteiger partial charge is 0.372 e. The van der Waals surface area contributed by atoms with Gasteiger partial charge in [-0.3, -0.25) is 5.10 Å². The summed E-state index contributed by atoms with van der Waals surface area (Å²) >= 11 is 0. The summed E-state index contributed by atoms with van der Waals surface area (Å²) in [5.74, 6) is 0. The molecule has 1 unspecified atom stereocenters. The van der Waals surface area contributed by atoms with Crippen LogP contribution in [0, 0.1) is 13.8 Å². The molecule has 7 heteroatoms. The van der Waals surface area contributed by atoms with E-state index in [1.165, 1.54) is 15.4 Å². The summed E-state index contributed by atoms with van der Waals surface area (Å²) < 4.78 is 32.7. The molecule has 0 aliphatic carbocycles. The van der Waals surface area contributed by atoms with Crippen LogP contribution in [0.25, 0.3) is 0 Å². The molecule has 0 bridgehead atoms. The second kappa shape index (κ2) is 6.07. The molecule has 23 heavy (non-hydrogen) atoms. The van der Waals surface area contributed by atoms with Crippen molar-refractivity contribution in [1.29, 1.82) is 0 Å². The Hall–Kier alpha value is -1.70. The van der Waals surface area contributed by atoms with E-state index in [-0.39, 0.29) is 11.0 Å². The van der Waals surface area contributed by atoms with Crippen molar-refractivity contribution in [3.63, 3.8) is 0 Å². The van der Waals surface area contributed by atoms with Gasteiger partial charge in [0, 0.05) is 20.0 Å². The number of aryl methyl sites for hydroxylation is 2. The lowest BCUT2D eigenvalue weighted by molar-refractivity contribution is 0.0202. The lowest BCUT2D eigenvalue weighted by Crippen LogP contribution is -2.38. The lowest BCUT2D eigenvalue weighted by atomic mass is 9.99. The molecule has 1 N–H and O–H groups in total. The molecule has 124 valence electrons. The minimum atomic E-state index is -3.57. The average molecular weight is 335 g/mol. The van der Waals surface area contributed by atoms with Gasteiger partial charge in [-0.1, -0.05) is 24.3 Å². The molecule has 1 aliphatic rings. The highest BCUT2D eigenvalue weighted by molar-refractivity contribution is 7.89. The van der Waals surface area contributed by atoms with E-state index in [4.69, 9.17) is 4.74 Å². The normalized spacial score (nSPS) is 18.2. The lowest BCUT2D eigenvalue weighted by Gasteiger charge is -2.28. The van der Waals surface area contributed by atoms with Crippen molar-refractivity contribution >= 4 is 10.0 Å². The van der Waals surface area contributed by atoms with Crippen LogP contribution in [0.3, 0.4) is 0 Å². The van der Waals surface area contributed by atoms with E-state index in [0.29, 0.717) is 24.5 Å². The first-order chi connectivity index (χ1) is 10.9. The van der Waals surface area contributed by atoms with Crippen LogP contribution in [0.1, 0.15) is 22.5 Å². The number of nitrogens with zero attached hydrogens (tertiary/aromatic N) is 2. The van der Waals surface area contributed by atoms with Crippen LogP contribution in [0.2, 0.25) is 0 Å². The fourth-order valence-corrected chi connectivity index (χ4v) is 4.51. The van der Waals surface area contributed by atoms with Crippen molar-refractivity contribution in [2.45, 2.75) is 37.9 Å². The summed E-state index contributed by atoms with van der Waals surface area (Å²) in [5.41, 5.74) is 3.45. The number of hydrogen-bond acceptors (Lipinski definition) is 4. The Morgan fingerprint density at radius 3 is 2.65 bits per heavy atom. The van der Waals surface area contributed by atoms with E-state index in [1.807, 2.05) is 18.2 Å².